The second-order valence-electron chi connectivity index (χ2n) is 5.40. The molecule has 1 aliphatic rings. The smallest absolute Gasteiger partial charge is 0.127 e. The molecule has 0 spiro atoms. The van der Waals surface area contributed by atoms with Crippen LogP contribution in [0.5, 0.6) is 5.75 Å². The van der Waals surface area contributed by atoms with E-state index in [9.17, 15) is 4.39 Å². The van der Waals surface area contributed by atoms with Gasteiger partial charge in [0, 0.05) is 5.56 Å². The third kappa shape index (κ3) is 2.64. The van der Waals surface area contributed by atoms with Crippen molar-refractivity contribution < 1.29 is 9.13 Å². The van der Waals surface area contributed by atoms with Gasteiger partial charge >= 0.3 is 0 Å². The fraction of sp³-hybridized carbons (Fsp3) is 0.294. The molecule has 0 fully saturated rings. The van der Waals surface area contributed by atoms with Crippen molar-refractivity contribution in [1.82, 2.24) is 5.43 Å². The molecule has 21 heavy (non-hydrogen) atoms. The van der Waals surface area contributed by atoms with Crippen molar-refractivity contribution in [3.63, 3.8) is 0 Å². The van der Waals surface area contributed by atoms with E-state index in [0.717, 1.165) is 29.7 Å². The molecule has 0 saturated carbocycles. The van der Waals surface area contributed by atoms with Gasteiger partial charge in [0.05, 0.1) is 12.6 Å². The molecule has 1 atom stereocenters. The van der Waals surface area contributed by atoms with E-state index in [2.05, 4.69) is 11.5 Å². The molecule has 0 aromatic heterocycles. The number of ether oxygens (including phenoxy) is 1. The molecular weight excluding hydrogens is 267 g/mol. The Morgan fingerprint density at radius 1 is 1.29 bits per heavy atom. The zero-order chi connectivity index (χ0) is 14.8. The summed E-state index contributed by atoms with van der Waals surface area (Å²) in [5, 5.41) is 0. The number of para-hydroxylation sites is 1. The van der Waals surface area contributed by atoms with Crippen LogP contribution in [-0.4, -0.2) is 6.61 Å². The highest BCUT2D eigenvalue weighted by molar-refractivity contribution is 5.48. The van der Waals surface area contributed by atoms with Gasteiger partial charge in [-0.2, -0.15) is 0 Å². The summed E-state index contributed by atoms with van der Waals surface area (Å²) in [7, 11) is 0. The normalized spacial score (nSPS) is 15.2. The SMILES string of the molecule is Cc1ccc(C(NN)c2cccc3c2OCCC3)cc1F. The van der Waals surface area contributed by atoms with Crippen molar-refractivity contribution in [2.75, 3.05) is 6.61 Å². The Balaban J connectivity index is 2.06. The minimum atomic E-state index is -0.284. The van der Waals surface area contributed by atoms with E-state index in [0.29, 0.717) is 12.2 Å². The van der Waals surface area contributed by atoms with Crippen LogP contribution in [0.25, 0.3) is 0 Å². The fourth-order valence-electron chi connectivity index (χ4n) is 2.80. The summed E-state index contributed by atoms with van der Waals surface area (Å²) in [5.74, 6) is 6.39. The molecule has 0 saturated heterocycles. The Morgan fingerprint density at radius 3 is 2.90 bits per heavy atom. The maximum absolute atomic E-state index is 13.8. The Morgan fingerprint density at radius 2 is 2.14 bits per heavy atom. The monoisotopic (exact) mass is 286 g/mol. The highest BCUT2D eigenvalue weighted by Gasteiger charge is 2.22. The first-order chi connectivity index (χ1) is 10.2. The van der Waals surface area contributed by atoms with E-state index < -0.39 is 0 Å². The average Bonchev–Trinajstić information content (AvgIpc) is 2.52. The largest absolute Gasteiger partial charge is 0.493 e. The molecule has 0 aliphatic carbocycles. The number of hydrazine groups is 1. The Kier molecular flexibility index (Phi) is 3.90. The summed E-state index contributed by atoms with van der Waals surface area (Å²) in [4.78, 5) is 0. The third-order valence-electron chi connectivity index (χ3n) is 3.97. The van der Waals surface area contributed by atoms with Gasteiger partial charge in [0.1, 0.15) is 11.6 Å². The number of fused-ring (bicyclic) bond motifs is 1. The lowest BCUT2D eigenvalue weighted by Gasteiger charge is -2.25. The Labute approximate surface area is 123 Å². The van der Waals surface area contributed by atoms with Gasteiger partial charge in [-0.25, -0.2) is 9.82 Å². The molecule has 1 unspecified atom stereocenters. The van der Waals surface area contributed by atoms with Gasteiger partial charge in [0.2, 0.25) is 0 Å². The second kappa shape index (κ2) is 5.84. The first-order valence-corrected chi connectivity index (χ1v) is 7.17. The molecule has 1 aliphatic heterocycles. The van der Waals surface area contributed by atoms with Crippen molar-refractivity contribution in [3.8, 4) is 5.75 Å². The van der Waals surface area contributed by atoms with Crippen molar-refractivity contribution >= 4 is 0 Å². The molecule has 3 rings (SSSR count). The van der Waals surface area contributed by atoms with Crippen molar-refractivity contribution in [1.29, 1.82) is 0 Å². The Bertz CT molecular complexity index is 657. The first kappa shape index (κ1) is 14.0. The molecule has 1 heterocycles. The molecular formula is C17H19FN2O. The summed E-state index contributed by atoms with van der Waals surface area (Å²) >= 11 is 0. The van der Waals surface area contributed by atoms with E-state index in [4.69, 9.17) is 10.6 Å². The average molecular weight is 286 g/mol. The van der Waals surface area contributed by atoms with E-state index in [1.807, 2.05) is 18.2 Å². The molecule has 3 nitrogen and oxygen atoms in total. The first-order valence-electron chi connectivity index (χ1n) is 7.17. The van der Waals surface area contributed by atoms with E-state index >= 15 is 0 Å². The zero-order valence-electron chi connectivity index (χ0n) is 12.0. The summed E-state index contributed by atoms with van der Waals surface area (Å²) < 4.78 is 19.7. The fourth-order valence-corrected chi connectivity index (χ4v) is 2.80. The number of benzene rings is 2. The van der Waals surface area contributed by atoms with Crippen molar-refractivity contribution in [2.45, 2.75) is 25.8 Å². The second-order valence-corrected chi connectivity index (χ2v) is 5.40. The van der Waals surface area contributed by atoms with E-state index in [1.165, 1.54) is 11.6 Å². The highest BCUT2D eigenvalue weighted by atomic mass is 19.1. The van der Waals surface area contributed by atoms with Crippen LogP contribution >= 0.6 is 0 Å². The van der Waals surface area contributed by atoms with Crippen LogP contribution in [0, 0.1) is 12.7 Å². The van der Waals surface area contributed by atoms with E-state index in [-0.39, 0.29) is 11.9 Å². The summed E-state index contributed by atoms with van der Waals surface area (Å²) in [6.45, 7) is 2.46. The molecule has 2 aromatic carbocycles. The van der Waals surface area contributed by atoms with Gasteiger partial charge in [0.15, 0.2) is 0 Å². The minimum Gasteiger partial charge on any atom is -0.493 e. The lowest BCUT2D eigenvalue weighted by molar-refractivity contribution is 0.283. The summed E-state index contributed by atoms with van der Waals surface area (Å²) in [6.07, 6.45) is 2.03. The standard InChI is InChI=1S/C17H19FN2O/c1-11-7-8-13(10-15(11)18)16(20-19)14-6-2-4-12-5-3-9-21-17(12)14/h2,4,6-8,10,16,20H,3,5,9,19H2,1H3. The lowest BCUT2D eigenvalue weighted by atomic mass is 9.93. The maximum atomic E-state index is 13.8. The number of nitrogens with two attached hydrogens (primary N) is 1. The molecule has 4 heteroatoms. The quantitative estimate of drug-likeness (QED) is 0.673. The summed E-state index contributed by atoms with van der Waals surface area (Å²) in [6, 6.07) is 11.0. The molecule has 3 N–H and O–H groups in total. The molecule has 0 bridgehead atoms. The highest BCUT2D eigenvalue weighted by Crippen LogP contribution is 2.35. The number of rotatable bonds is 3. The Hall–Kier alpha value is -1.91. The van der Waals surface area contributed by atoms with Gasteiger partial charge in [-0.05, 0) is 42.5 Å². The van der Waals surface area contributed by atoms with E-state index in [1.54, 1.807) is 13.0 Å². The van der Waals surface area contributed by atoms with Crippen LogP contribution in [0.1, 0.15) is 34.7 Å². The van der Waals surface area contributed by atoms with Crippen LogP contribution in [0.3, 0.4) is 0 Å². The number of hydrogen-bond donors (Lipinski definition) is 2. The topological polar surface area (TPSA) is 47.3 Å². The van der Waals surface area contributed by atoms with Crippen LogP contribution in [0.2, 0.25) is 0 Å². The van der Waals surface area contributed by atoms with Crippen LogP contribution < -0.4 is 16.0 Å². The maximum Gasteiger partial charge on any atom is 0.127 e. The minimum absolute atomic E-state index is 0.224. The molecule has 110 valence electrons. The van der Waals surface area contributed by atoms with Crippen LogP contribution in [-0.2, 0) is 6.42 Å². The van der Waals surface area contributed by atoms with Gasteiger partial charge in [0.25, 0.3) is 0 Å². The number of halogens is 1. The van der Waals surface area contributed by atoms with Crippen molar-refractivity contribution in [3.05, 3.63) is 64.5 Å². The van der Waals surface area contributed by atoms with Gasteiger partial charge < -0.3 is 4.74 Å². The third-order valence-corrected chi connectivity index (χ3v) is 3.97. The summed E-state index contributed by atoms with van der Waals surface area (Å²) in [5.41, 5.74) is 6.35. The van der Waals surface area contributed by atoms with Crippen LogP contribution in [0.4, 0.5) is 4.39 Å². The van der Waals surface area contributed by atoms with Crippen molar-refractivity contribution in [2.24, 2.45) is 5.84 Å². The van der Waals surface area contributed by atoms with Gasteiger partial charge in [-0.3, -0.25) is 5.84 Å². The van der Waals surface area contributed by atoms with Gasteiger partial charge in [-0.1, -0.05) is 30.3 Å². The number of nitrogens with one attached hydrogen (secondary N) is 1. The number of hydrogen-bond acceptors (Lipinski definition) is 3. The predicted octanol–water partition coefficient (Wildman–Crippen LogP) is 3.01. The molecule has 2 aromatic rings. The predicted molar refractivity (Wildman–Crippen MR) is 80.6 cm³/mol. The zero-order valence-corrected chi connectivity index (χ0v) is 12.0. The van der Waals surface area contributed by atoms with Crippen LogP contribution in [0.15, 0.2) is 36.4 Å². The molecule has 0 radical (unpaired) electrons. The number of aryl methyl sites for hydroxylation is 2. The lowest BCUT2D eigenvalue weighted by Crippen LogP contribution is -2.30. The molecule has 0 amide bonds. The van der Waals surface area contributed by atoms with Gasteiger partial charge in [-0.15, -0.1) is 0 Å².